The molecule has 6 heteroatoms. The van der Waals surface area contributed by atoms with Crippen LogP contribution in [-0.2, 0) is 13.1 Å². The second kappa shape index (κ2) is 4.47. The van der Waals surface area contributed by atoms with Gasteiger partial charge in [0.1, 0.15) is 0 Å². The number of nitro benzene ring substituents is 1. The van der Waals surface area contributed by atoms with Crippen molar-refractivity contribution in [1.82, 2.24) is 15.1 Å². The van der Waals surface area contributed by atoms with E-state index in [9.17, 15) is 10.1 Å². The molecule has 0 atom stereocenters. The Bertz CT molecular complexity index is 648. The van der Waals surface area contributed by atoms with Gasteiger partial charge < -0.3 is 5.32 Å². The first-order valence-electron chi connectivity index (χ1n) is 6.17. The van der Waals surface area contributed by atoms with E-state index in [-0.39, 0.29) is 10.6 Å². The highest BCUT2D eigenvalue weighted by Crippen LogP contribution is 2.29. The van der Waals surface area contributed by atoms with Crippen molar-refractivity contribution in [1.29, 1.82) is 0 Å². The van der Waals surface area contributed by atoms with E-state index >= 15 is 0 Å². The first kappa shape index (κ1) is 11.9. The fourth-order valence-corrected chi connectivity index (χ4v) is 2.40. The second-order valence-corrected chi connectivity index (χ2v) is 4.66. The topological polar surface area (TPSA) is 73.0 Å². The summed E-state index contributed by atoms with van der Waals surface area (Å²) in [4.78, 5) is 10.7. The third-order valence-corrected chi connectivity index (χ3v) is 3.46. The minimum absolute atomic E-state index is 0.154. The molecule has 0 radical (unpaired) electrons. The van der Waals surface area contributed by atoms with E-state index in [1.807, 2.05) is 10.7 Å². The van der Waals surface area contributed by atoms with E-state index in [2.05, 4.69) is 10.4 Å². The molecule has 0 saturated heterocycles. The molecular formula is C13H14N4O2. The highest BCUT2D eigenvalue weighted by molar-refractivity contribution is 5.69. The Labute approximate surface area is 110 Å². The van der Waals surface area contributed by atoms with E-state index in [1.165, 1.54) is 0 Å². The van der Waals surface area contributed by atoms with Crippen molar-refractivity contribution >= 4 is 5.69 Å². The van der Waals surface area contributed by atoms with Crippen molar-refractivity contribution in [2.45, 2.75) is 20.0 Å². The molecule has 0 fully saturated rings. The first-order valence-corrected chi connectivity index (χ1v) is 6.17. The molecule has 19 heavy (non-hydrogen) atoms. The molecule has 3 rings (SSSR count). The molecular weight excluding hydrogens is 244 g/mol. The predicted molar refractivity (Wildman–Crippen MR) is 70.8 cm³/mol. The van der Waals surface area contributed by atoms with E-state index in [0.717, 1.165) is 36.5 Å². The number of benzene rings is 1. The molecule has 1 N–H and O–H groups in total. The number of nitro groups is 1. The highest BCUT2D eigenvalue weighted by Gasteiger charge is 2.18. The van der Waals surface area contributed by atoms with Crippen molar-refractivity contribution < 1.29 is 4.92 Å². The number of fused-ring (bicyclic) bond motifs is 1. The van der Waals surface area contributed by atoms with Crippen LogP contribution in [0.3, 0.4) is 0 Å². The highest BCUT2D eigenvalue weighted by atomic mass is 16.6. The molecule has 0 unspecified atom stereocenters. The van der Waals surface area contributed by atoms with Gasteiger partial charge in [-0.1, -0.05) is 12.1 Å². The third-order valence-electron chi connectivity index (χ3n) is 3.46. The standard InChI is InChI=1S/C13H14N4O2/c1-9-2-3-10(6-12(9)17(18)19)11-7-15-16-5-4-14-8-13(11)16/h2-3,6-7,14H,4-5,8H2,1H3. The molecule has 0 aliphatic carbocycles. The third kappa shape index (κ3) is 2.00. The molecule has 1 aliphatic heterocycles. The van der Waals surface area contributed by atoms with E-state index in [0.29, 0.717) is 5.56 Å². The molecule has 6 nitrogen and oxygen atoms in total. The Balaban J connectivity index is 2.10. The molecule has 2 heterocycles. The summed E-state index contributed by atoms with van der Waals surface area (Å²) in [5.74, 6) is 0. The number of hydrogen-bond donors (Lipinski definition) is 1. The summed E-state index contributed by atoms with van der Waals surface area (Å²) < 4.78 is 1.96. The Hall–Kier alpha value is -2.21. The summed E-state index contributed by atoms with van der Waals surface area (Å²) in [5.41, 5.74) is 3.73. The fraction of sp³-hybridized carbons (Fsp3) is 0.308. The molecule has 0 saturated carbocycles. The van der Waals surface area contributed by atoms with Crippen LogP contribution in [0.5, 0.6) is 0 Å². The normalized spacial score (nSPS) is 14.2. The monoisotopic (exact) mass is 258 g/mol. The van der Waals surface area contributed by atoms with Gasteiger partial charge in [-0.2, -0.15) is 5.10 Å². The van der Waals surface area contributed by atoms with Crippen molar-refractivity contribution in [3.8, 4) is 11.1 Å². The van der Waals surface area contributed by atoms with Crippen molar-refractivity contribution in [2.24, 2.45) is 0 Å². The number of aromatic nitrogens is 2. The number of hydrogen-bond acceptors (Lipinski definition) is 4. The van der Waals surface area contributed by atoms with Crippen LogP contribution >= 0.6 is 0 Å². The summed E-state index contributed by atoms with van der Waals surface area (Å²) in [5, 5.41) is 18.6. The maximum atomic E-state index is 11.0. The summed E-state index contributed by atoms with van der Waals surface area (Å²) >= 11 is 0. The fourth-order valence-electron chi connectivity index (χ4n) is 2.40. The summed E-state index contributed by atoms with van der Waals surface area (Å²) in [6, 6.07) is 5.32. The van der Waals surface area contributed by atoms with Gasteiger partial charge in [-0.05, 0) is 12.5 Å². The molecule has 2 aromatic rings. The van der Waals surface area contributed by atoms with Gasteiger partial charge in [-0.15, -0.1) is 0 Å². The maximum absolute atomic E-state index is 11.0. The molecule has 1 aliphatic rings. The quantitative estimate of drug-likeness (QED) is 0.659. The van der Waals surface area contributed by atoms with Crippen LogP contribution in [0, 0.1) is 17.0 Å². The number of aryl methyl sites for hydroxylation is 1. The van der Waals surface area contributed by atoms with Crippen LogP contribution < -0.4 is 5.32 Å². The van der Waals surface area contributed by atoms with Gasteiger partial charge >= 0.3 is 0 Å². The Morgan fingerprint density at radius 2 is 2.32 bits per heavy atom. The zero-order valence-corrected chi connectivity index (χ0v) is 10.6. The summed E-state index contributed by atoms with van der Waals surface area (Å²) in [6.45, 7) is 4.24. The molecule has 0 amide bonds. The molecule has 98 valence electrons. The predicted octanol–water partition coefficient (Wildman–Crippen LogP) is 1.87. The molecule has 0 bridgehead atoms. The van der Waals surface area contributed by atoms with Crippen molar-refractivity contribution in [3.05, 3.63) is 45.8 Å². The van der Waals surface area contributed by atoms with Gasteiger partial charge in [-0.25, -0.2) is 0 Å². The Kier molecular flexibility index (Phi) is 2.79. The van der Waals surface area contributed by atoms with Crippen LogP contribution in [-0.4, -0.2) is 21.2 Å². The van der Waals surface area contributed by atoms with Crippen LogP contribution in [0.2, 0.25) is 0 Å². The lowest BCUT2D eigenvalue weighted by Gasteiger charge is -2.16. The van der Waals surface area contributed by atoms with Crippen molar-refractivity contribution in [3.63, 3.8) is 0 Å². The van der Waals surface area contributed by atoms with Gasteiger partial charge in [0.05, 0.1) is 23.4 Å². The zero-order valence-electron chi connectivity index (χ0n) is 10.6. The number of nitrogens with one attached hydrogen (secondary N) is 1. The Morgan fingerprint density at radius 1 is 1.47 bits per heavy atom. The minimum Gasteiger partial charge on any atom is -0.309 e. The minimum atomic E-state index is -0.340. The van der Waals surface area contributed by atoms with Crippen molar-refractivity contribution in [2.75, 3.05) is 6.54 Å². The van der Waals surface area contributed by atoms with E-state index < -0.39 is 0 Å². The number of nitrogens with zero attached hydrogens (tertiary/aromatic N) is 3. The molecule has 1 aromatic carbocycles. The van der Waals surface area contributed by atoms with Gasteiger partial charge in [0.15, 0.2) is 0 Å². The average molecular weight is 258 g/mol. The van der Waals surface area contributed by atoms with Crippen LogP contribution in [0.15, 0.2) is 24.4 Å². The smallest absolute Gasteiger partial charge is 0.272 e. The summed E-state index contributed by atoms with van der Waals surface area (Å²) in [7, 11) is 0. The molecule has 1 aromatic heterocycles. The van der Waals surface area contributed by atoms with Crippen LogP contribution in [0.1, 0.15) is 11.3 Å². The van der Waals surface area contributed by atoms with E-state index in [4.69, 9.17) is 0 Å². The van der Waals surface area contributed by atoms with Gasteiger partial charge in [0.25, 0.3) is 5.69 Å². The van der Waals surface area contributed by atoms with Crippen LogP contribution in [0.25, 0.3) is 11.1 Å². The van der Waals surface area contributed by atoms with Gasteiger partial charge in [0, 0.05) is 30.3 Å². The van der Waals surface area contributed by atoms with Gasteiger partial charge in [0.2, 0.25) is 0 Å². The summed E-state index contributed by atoms with van der Waals surface area (Å²) in [6.07, 6.45) is 1.79. The van der Waals surface area contributed by atoms with E-state index in [1.54, 1.807) is 25.3 Å². The zero-order chi connectivity index (χ0) is 13.4. The number of rotatable bonds is 2. The lowest BCUT2D eigenvalue weighted by molar-refractivity contribution is -0.385. The first-order chi connectivity index (χ1) is 9.16. The maximum Gasteiger partial charge on any atom is 0.272 e. The molecule has 0 spiro atoms. The largest absolute Gasteiger partial charge is 0.309 e. The average Bonchev–Trinajstić information content (AvgIpc) is 2.83. The second-order valence-electron chi connectivity index (χ2n) is 4.66. The lowest BCUT2D eigenvalue weighted by Crippen LogP contribution is -2.28. The lowest BCUT2D eigenvalue weighted by atomic mass is 10.0. The van der Waals surface area contributed by atoms with Gasteiger partial charge in [-0.3, -0.25) is 14.8 Å². The van der Waals surface area contributed by atoms with Crippen LogP contribution in [0.4, 0.5) is 5.69 Å². The Morgan fingerprint density at radius 3 is 3.11 bits per heavy atom. The SMILES string of the molecule is Cc1ccc(-c2cnn3c2CNCC3)cc1[N+](=O)[O-].